The summed E-state index contributed by atoms with van der Waals surface area (Å²) in [7, 11) is 1.90. The number of fused-ring (bicyclic) bond motifs is 1. The zero-order valence-electron chi connectivity index (χ0n) is 18.2. The van der Waals surface area contributed by atoms with Crippen LogP contribution in [0.3, 0.4) is 0 Å². The van der Waals surface area contributed by atoms with Gasteiger partial charge in [0, 0.05) is 37.7 Å². The van der Waals surface area contributed by atoms with E-state index < -0.39 is 6.10 Å². The molecule has 1 atom stereocenters. The van der Waals surface area contributed by atoms with E-state index in [-0.39, 0.29) is 11.7 Å². The van der Waals surface area contributed by atoms with Gasteiger partial charge < -0.3 is 14.6 Å². The van der Waals surface area contributed by atoms with E-state index in [0.29, 0.717) is 31.2 Å². The number of nitrogens with zero attached hydrogens (tertiary/aromatic N) is 4. The van der Waals surface area contributed by atoms with Crippen LogP contribution in [0.25, 0.3) is 22.6 Å². The van der Waals surface area contributed by atoms with Gasteiger partial charge >= 0.3 is 0 Å². The summed E-state index contributed by atoms with van der Waals surface area (Å²) >= 11 is 0. The zero-order valence-corrected chi connectivity index (χ0v) is 18.2. The fraction of sp³-hybridized carbons (Fsp3) is 0.240. The van der Waals surface area contributed by atoms with Gasteiger partial charge in [-0.05, 0) is 35.2 Å². The number of aryl methyl sites for hydroxylation is 1. The number of amides is 1. The largest absolute Gasteiger partial charge is 0.363 e. The predicted octanol–water partition coefficient (Wildman–Crippen LogP) is 3.52. The SMILES string of the molecule is Cn1ccnc1-c1nn(CCNC(=O)[C@H]2OCCc3ccccc32)cc1-c1ccc(F)cc1. The summed E-state index contributed by atoms with van der Waals surface area (Å²) in [6.07, 6.45) is 5.69. The molecule has 0 aliphatic carbocycles. The van der Waals surface area contributed by atoms with E-state index in [1.165, 1.54) is 12.1 Å². The molecular weight excluding hydrogens is 421 g/mol. The summed E-state index contributed by atoms with van der Waals surface area (Å²) < 4.78 is 22.9. The van der Waals surface area contributed by atoms with Gasteiger partial charge in [0.05, 0.1) is 13.2 Å². The molecule has 0 bridgehead atoms. The number of carbonyl (C=O) groups excluding carboxylic acids is 1. The van der Waals surface area contributed by atoms with Crippen molar-refractivity contribution >= 4 is 5.91 Å². The van der Waals surface area contributed by atoms with E-state index in [4.69, 9.17) is 9.84 Å². The first-order chi connectivity index (χ1) is 16.1. The Balaban J connectivity index is 1.33. The highest BCUT2D eigenvalue weighted by Gasteiger charge is 2.27. The van der Waals surface area contributed by atoms with E-state index in [2.05, 4.69) is 10.3 Å². The van der Waals surface area contributed by atoms with E-state index in [9.17, 15) is 9.18 Å². The first-order valence-electron chi connectivity index (χ1n) is 10.9. The molecule has 1 aliphatic heterocycles. The second kappa shape index (κ2) is 8.99. The van der Waals surface area contributed by atoms with E-state index in [1.807, 2.05) is 48.3 Å². The summed E-state index contributed by atoms with van der Waals surface area (Å²) in [6.45, 7) is 1.40. The van der Waals surface area contributed by atoms with Crippen LogP contribution in [0.1, 0.15) is 17.2 Å². The molecule has 0 spiro atoms. The summed E-state index contributed by atoms with van der Waals surface area (Å²) in [5, 5.41) is 7.68. The van der Waals surface area contributed by atoms with Crippen LogP contribution in [0.15, 0.2) is 67.1 Å². The van der Waals surface area contributed by atoms with Crippen molar-refractivity contribution in [3.63, 3.8) is 0 Å². The fourth-order valence-electron chi connectivity index (χ4n) is 4.13. The van der Waals surface area contributed by atoms with Crippen LogP contribution in [0.5, 0.6) is 0 Å². The van der Waals surface area contributed by atoms with Crippen LogP contribution < -0.4 is 5.32 Å². The van der Waals surface area contributed by atoms with E-state index in [0.717, 1.165) is 28.7 Å². The average Bonchev–Trinajstić information content (AvgIpc) is 3.45. The van der Waals surface area contributed by atoms with Crippen molar-refractivity contribution in [2.45, 2.75) is 19.1 Å². The van der Waals surface area contributed by atoms with Gasteiger partial charge in [0.2, 0.25) is 0 Å². The molecule has 0 radical (unpaired) electrons. The second-order valence-electron chi connectivity index (χ2n) is 8.01. The van der Waals surface area contributed by atoms with E-state index in [1.54, 1.807) is 23.0 Å². The molecule has 4 aromatic rings. The predicted molar refractivity (Wildman–Crippen MR) is 122 cm³/mol. The number of rotatable bonds is 6. The molecule has 3 heterocycles. The Morgan fingerprint density at radius 2 is 2.03 bits per heavy atom. The number of hydrogen-bond donors (Lipinski definition) is 1. The van der Waals surface area contributed by atoms with Gasteiger partial charge in [-0.1, -0.05) is 36.4 Å². The molecule has 2 aromatic carbocycles. The second-order valence-corrected chi connectivity index (χ2v) is 8.01. The molecular formula is C25H24FN5O2. The Hall–Kier alpha value is -3.78. The molecule has 1 aliphatic rings. The number of nitrogens with one attached hydrogen (secondary N) is 1. The summed E-state index contributed by atoms with van der Waals surface area (Å²) in [6, 6.07) is 14.2. The van der Waals surface area contributed by atoms with Crippen molar-refractivity contribution in [3.8, 4) is 22.6 Å². The minimum Gasteiger partial charge on any atom is -0.363 e. The van der Waals surface area contributed by atoms with Crippen LogP contribution in [-0.2, 0) is 29.5 Å². The standard InChI is InChI=1S/C25H24FN5O2/c1-30-13-11-27-24(30)22-21(18-6-8-19(26)9-7-18)16-31(29-22)14-12-28-25(32)23-20-5-3-2-4-17(20)10-15-33-23/h2-9,11,13,16,23H,10,12,14-15H2,1H3,(H,28,32)/t23-/m0/s1. The highest BCUT2D eigenvalue weighted by molar-refractivity contribution is 5.83. The average molecular weight is 445 g/mol. The first-order valence-corrected chi connectivity index (χ1v) is 10.9. The zero-order chi connectivity index (χ0) is 22.8. The third kappa shape index (κ3) is 4.29. The molecule has 8 heteroatoms. The van der Waals surface area contributed by atoms with Crippen LogP contribution >= 0.6 is 0 Å². The molecule has 7 nitrogen and oxygen atoms in total. The lowest BCUT2D eigenvalue weighted by atomic mass is 9.97. The quantitative estimate of drug-likeness (QED) is 0.493. The first kappa shape index (κ1) is 21.1. The molecule has 0 saturated heterocycles. The molecule has 168 valence electrons. The highest BCUT2D eigenvalue weighted by atomic mass is 19.1. The maximum absolute atomic E-state index is 13.4. The molecule has 0 saturated carbocycles. The van der Waals surface area contributed by atoms with Gasteiger partial charge in [-0.25, -0.2) is 9.37 Å². The van der Waals surface area contributed by atoms with Gasteiger partial charge in [0.15, 0.2) is 11.9 Å². The van der Waals surface area contributed by atoms with Crippen molar-refractivity contribution < 1.29 is 13.9 Å². The van der Waals surface area contributed by atoms with Crippen molar-refractivity contribution in [2.75, 3.05) is 13.2 Å². The third-order valence-corrected chi connectivity index (χ3v) is 5.82. The van der Waals surface area contributed by atoms with Crippen LogP contribution in [-0.4, -0.2) is 38.4 Å². The summed E-state index contributed by atoms with van der Waals surface area (Å²) in [4.78, 5) is 17.2. The minimum absolute atomic E-state index is 0.155. The van der Waals surface area contributed by atoms with Gasteiger partial charge in [0.1, 0.15) is 11.5 Å². The molecule has 0 fully saturated rings. The Bertz CT molecular complexity index is 1280. The number of ether oxygens (including phenoxy) is 1. The van der Waals surface area contributed by atoms with E-state index >= 15 is 0 Å². The topological polar surface area (TPSA) is 74.0 Å². The number of aromatic nitrogens is 4. The normalized spacial score (nSPS) is 15.3. The number of carbonyl (C=O) groups is 1. The Morgan fingerprint density at radius 3 is 2.82 bits per heavy atom. The molecule has 0 unspecified atom stereocenters. The minimum atomic E-state index is -0.592. The maximum atomic E-state index is 13.4. The maximum Gasteiger partial charge on any atom is 0.253 e. The molecule has 33 heavy (non-hydrogen) atoms. The van der Waals surface area contributed by atoms with Gasteiger partial charge in [-0.2, -0.15) is 5.10 Å². The smallest absolute Gasteiger partial charge is 0.253 e. The number of hydrogen-bond acceptors (Lipinski definition) is 4. The highest BCUT2D eigenvalue weighted by Crippen LogP contribution is 2.30. The van der Waals surface area contributed by atoms with Crippen molar-refractivity contribution in [1.29, 1.82) is 0 Å². The fourth-order valence-corrected chi connectivity index (χ4v) is 4.13. The van der Waals surface area contributed by atoms with Crippen molar-refractivity contribution in [2.24, 2.45) is 7.05 Å². The lowest BCUT2D eigenvalue weighted by Gasteiger charge is -2.25. The van der Waals surface area contributed by atoms with Gasteiger partial charge in [-0.3, -0.25) is 9.48 Å². The molecule has 2 aromatic heterocycles. The number of halogens is 1. The molecule has 1 amide bonds. The molecule has 1 N–H and O–H groups in total. The monoisotopic (exact) mass is 445 g/mol. The summed E-state index contributed by atoms with van der Waals surface area (Å²) in [5.74, 6) is 0.264. The van der Waals surface area contributed by atoms with Crippen LogP contribution in [0.2, 0.25) is 0 Å². The lowest BCUT2D eigenvalue weighted by molar-refractivity contribution is -0.134. The Labute approximate surface area is 190 Å². The van der Waals surface area contributed by atoms with Gasteiger partial charge in [-0.15, -0.1) is 0 Å². The third-order valence-electron chi connectivity index (χ3n) is 5.82. The molecule has 5 rings (SSSR count). The van der Waals surface area contributed by atoms with Gasteiger partial charge in [0.25, 0.3) is 5.91 Å². The number of benzene rings is 2. The Kier molecular flexibility index (Phi) is 5.75. The van der Waals surface area contributed by atoms with Crippen molar-refractivity contribution in [1.82, 2.24) is 24.6 Å². The van der Waals surface area contributed by atoms with Crippen LogP contribution in [0, 0.1) is 5.82 Å². The van der Waals surface area contributed by atoms with Crippen LogP contribution in [0.4, 0.5) is 4.39 Å². The number of imidazole rings is 1. The lowest BCUT2D eigenvalue weighted by Crippen LogP contribution is -2.35. The Morgan fingerprint density at radius 1 is 1.21 bits per heavy atom. The summed E-state index contributed by atoms with van der Waals surface area (Å²) in [5.41, 5.74) is 4.47. The van der Waals surface area contributed by atoms with Crippen molar-refractivity contribution in [3.05, 3.63) is 84.1 Å².